The number of para-hydroxylation sites is 1. The first-order chi connectivity index (χ1) is 26.9. The van der Waals surface area contributed by atoms with Gasteiger partial charge in [0.25, 0.3) is 0 Å². The summed E-state index contributed by atoms with van der Waals surface area (Å²) in [6.45, 7) is 11.5. The summed E-state index contributed by atoms with van der Waals surface area (Å²) in [4.78, 5) is 51.1. The summed E-state index contributed by atoms with van der Waals surface area (Å²) >= 11 is 0. The molecule has 0 radical (unpaired) electrons. The topological polar surface area (TPSA) is 157 Å². The summed E-state index contributed by atoms with van der Waals surface area (Å²) in [7, 11) is 0. The number of hydrogen-bond acceptors (Lipinski definition) is 9. The smallest absolute Gasteiger partial charge is 0.223 e. The number of imidazole rings is 1. The average molecular weight is 765 g/mol. The Hall–Kier alpha value is -3.81. The first-order valence-corrected chi connectivity index (χ1v) is 21.1. The van der Waals surface area contributed by atoms with Crippen LogP contribution in [0.25, 0.3) is 21.9 Å². The maximum Gasteiger partial charge on any atom is 0.223 e. The Balaban J connectivity index is 1.01. The average Bonchev–Trinajstić information content (AvgIpc) is 3.57. The number of nitrogens with zero attached hydrogens (tertiary/aromatic N) is 5. The SMILES string of the molecule is CCCCCCCCCCCNC(=O)CCOCCOCCNC(=O)CCC(=O)N1CCN(CCn2c(CCCC)nc3c(N)nc4ccccc4c32)CC1. The maximum atomic E-state index is 12.9. The van der Waals surface area contributed by atoms with Crippen LogP contribution >= 0.6 is 0 Å². The second kappa shape index (κ2) is 25.4. The fourth-order valence-corrected chi connectivity index (χ4v) is 7.10. The van der Waals surface area contributed by atoms with Crippen LogP contribution < -0.4 is 16.4 Å². The lowest BCUT2D eigenvalue weighted by Gasteiger charge is -2.35. The molecule has 0 aliphatic carbocycles. The zero-order valence-electron chi connectivity index (χ0n) is 33.8. The monoisotopic (exact) mass is 765 g/mol. The Morgan fingerprint density at radius 1 is 0.709 bits per heavy atom. The lowest BCUT2D eigenvalue weighted by molar-refractivity contribution is -0.135. The first kappa shape index (κ1) is 43.9. The standard InChI is InChI=1S/C42H68N8O5/c1-3-5-7-8-9-10-11-12-15-22-44-38(52)21-30-54-32-33-55-31-23-45-37(51)19-20-39(53)49-27-24-48(25-28-49)26-29-50-36(18-6-4-2)47-40-41(50)34-16-13-14-17-35(34)46-42(40)43/h13-14,16-17H,3-12,15,18-33H2,1-2H3,(H2,43,46)(H,44,52)(H,45,51). The lowest BCUT2D eigenvalue weighted by Crippen LogP contribution is -2.49. The van der Waals surface area contributed by atoms with E-state index in [-0.39, 0.29) is 30.6 Å². The van der Waals surface area contributed by atoms with Crippen LogP contribution in [-0.4, -0.2) is 114 Å². The number of rotatable bonds is 28. The van der Waals surface area contributed by atoms with Crippen molar-refractivity contribution in [2.75, 3.05) is 78.0 Å². The number of nitrogen functional groups attached to an aromatic ring is 1. The third kappa shape index (κ3) is 15.3. The van der Waals surface area contributed by atoms with E-state index in [0.717, 1.165) is 86.2 Å². The number of pyridine rings is 1. The van der Waals surface area contributed by atoms with Crippen molar-refractivity contribution >= 4 is 45.5 Å². The molecule has 13 nitrogen and oxygen atoms in total. The van der Waals surface area contributed by atoms with Gasteiger partial charge in [-0.3, -0.25) is 19.3 Å². The third-order valence-electron chi connectivity index (χ3n) is 10.4. The number of ether oxygens (including phenoxy) is 2. The molecule has 0 unspecified atom stereocenters. The molecule has 3 aromatic rings. The Kier molecular flexibility index (Phi) is 20.3. The molecule has 13 heteroatoms. The number of amides is 3. The molecule has 1 fully saturated rings. The van der Waals surface area contributed by atoms with E-state index in [0.29, 0.717) is 58.3 Å². The Morgan fingerprint density at radius 3 is 2.11 bits per heavy atom. The van der Waals surface area contributed by atoms with Gasteiger partial charge in [0.2, 0.25) is 17.7 Å². The van der Waals surface area contributed by atoms with Crippen molar-refractivity contribution in [3.63, 3.8) is 0 Å². The fourth-order valence-electron chi connectivity index (χ4n) is 7.10. The van der Waals surface area contributed by atoms with Crippen LogP contribution in [0.3, 0.4) is 0 Å². The summed E-state index contributed by atoms with van der Waals surface area (Å²) in [5, 5.41) is 6.86. The highest BCUT2D eigenvalue weighted by Crippen LogP contribution is 2.29. The highest BCUT2D eigenvalue weighted by molar-refractivity contribution is 6.06. The van der Waals surface area contributed by atoms with Crippen LogP contribution in [0.1, 0.15) is 110 Å². The van der Waals surface area contributed by atoms with Gasteiger partial charge in [-0.2, -0.15) is 0 Å². The van der Waals surface area contributed by atoms with Gasteiger partial charge in [0, 0.05) is 83.4 Å². The van der Waals surface area contributed by atoms with E-state index in [1.807, 2.05) is 23.1 Å². The van der Waals surface area contributed by atoms with Crippen LogP contribution in [0.2, 0.25) is 0 Å². The van der Waals surface area contributed by atoms with Crippen LogP contribution in [-0.2, 0) is 36.8 Å². The molecular formula is C42H68N8O5. The molecule has 3 heterocycles. The molecule has 1 aliphatic rings. The molecule has 0 atom stereocenters. The van der Waals surface area contributed by atoms with Gasteiger partial charge < -0.3 is 35.3 Å². The van der Waals surface area contributed by atoms with Gasteiger partial charge in [0.15, 0.2) is 5.82 Å². The van der Waals surface area contributed by atoms with E-state index in [2.05, 4.69) is 45.0 Å². The number of carbonyl (C=O) groups is 3. The second-order valence-corrected chi connectivity index (χ2v) is 14.7. The molecule has 0 spiro atoms. The minimum absolute atomic E-state index is 0.0114. The molecular weight excluding hydrogens is 697 g/mol. The van der Waals surface area contributed by atoms with Gasteiger partial charge >= 0.3 is 0 Å². The summed E-state index contributed by atoms with van der Waals surface area (Å²) in [5.41, 5.74) is 9.07. The highest BCUT2D eigenvalue weighted by Gasteiger charge is 2.23. The number of aromatic nitrogens is 3. The molecule has 0 saturated carbocycles. The number of unbranched alkanes of at least 4 members (excludes halogenated alkanes) is 9. The summed E-state index contributed by atoms with van der Waals surface area (Å²) in [6, 6.07) is 8.09. The summed E-state index contributed by atoms with van der Waals surface area (Å²) in [5.74, 6) is 1.39. The van der Waals surface area contributed by atoms with E-state index in [4.69, 9.17) is 20.2 Å². The largest absolute Gasteiger partial charge is 0.382 e. The Bertz CT molecular complexity index is 1590. The molecule has 4 rings (SSSR count). The highest BCUT2D eigenvalue weighted by atomic mass is 16.5. The van der Waals surface area contributed by atoms with E-state index in [9.17, 15) is 14.4 Å². The van der Waals surface area contributed by atoms with Gasteiger partial charge in [-0.1, -0.05) is 89.8 Å². The zero-order chi connectivity index (χ0) is 39.1. The van der Waals surface area contributed by atoms with E-state index in [1.54, 1.807) is 0 Å². The Labute approximate surface area is 328 Å². The maximum absolute atomic E-state index is 12.9. The van der Waals surface area contributed by atoms with Gasteiger partial charge in [-0.15, -0.1) is 0 Å². The fraction of sp³-hybridized carbons (Fsp3) is 0.690. The van der Waals surface area contributed by atoms with Crippen molar-refractivity contribution in [1.82, 2.24) is 35.0 Å². The van der Waals surface area contributed by atoms with Crippen molar-refractivity contribution in [3.05, 3.63) is 30.1 Å². The van der Waals surface area contributed by atoms with Crippen molar-refractivity contribution in [2.24, 2.45) is 0 Å². The predicted octanol–water partition coefficient (Wildman–Crippen LogP) is 5.62. The molecule has 1 aromatic carbocycles. The molecule has 3 amide bonds. The number of nitrogens with two attached hydrogens (primary N) is 1. The normalized spacial score (nSPS) is 13.5. The van der Waals surface area contributed by atoms with Crippen LogP contribution in [0.5, 0.6) is 0 Å². The summed E-state index contributed by atoms with van der Waals surface area (Å²) in [6.07, 6.45) is 15.1. The number of hydrogen-bond donors (Lipinski definition) is 3. The van der Waals surface area contributed by atoms with E-state index >= 15 is 0 Å². The quantitative estimate of drug-likeness (QED) is 0.0799. The number of anilines is 1. The van der Waals surface area contributed by atoms with E-state index < -0.39 is 0 Å². The van der Waals surface area contributed by atoms with Crippen LogP contribution in [0.15, 0.2) is 24.3 Å². The molecule has 0 bridgehead atoms. The number of carbonyl (C=O) groups excluding carboxylic acids is 3. The number of piperazine rings is 1. The van der Waals surface area contributed by atoms with Crippen LogP contribution in [0.4, 0.5) is 5.82 Å². The minimum Gasteiger partial charge on any atom is -0.382 e. The Morgan fingerprint density at radius 2 is 1.36 bits per heavy atom. The molecule has 55 heavy (non-hydrogen) atoms. The second-order valence-electron chi connectivity index (χ2n) is 14.7. The molecule has 306 valence electrons. The molecule has 1 aliphatic heterocycles. The van der Waals surface area contributed by atoms with Gasteiger partial charge in [0.05, 0.1) is 37.5 Å². The third-order valence-corrected chi connectivity index (χ3v) is 10.4. The van der Waals surface area contributed by atoms with Crippen molar-refractivity contribution in [3.8, 4) is 0 Å². The molecule has 1 saturated heterocycles. The predicted molar refractivity (Wildman–Crippen MR) is 220 cm³/mol. The van der Waals surface area contributed by atoms with Crippen molar-refractivity contribution < 1.29 is 23.9 Å². The van der Waals surface area contributed by atoms with Gasteiger partial charge in [-0.05, 0) is 18.9 Å². The number of fused-ring (bicyclic) bond motifs is 3. The van der Waals surface area contributed by atoms with Crippen molar-refractivity contribution in [2.45, 2.75) is 117 Å². The van der Waals surface area contributed by atoms with Gasteiger partial charge in [-0.25, -0.2) is 9.97 Å². The van der Waals surface area contributed by atoms with Crippen molar-refractivity contribution in [1.29, 1.82) is 0 Å². The summed E-state index contributed by atoms with van der Waals surface area (Å²) < 4.78 is 13.4. The van der Waals surface area contributed by atoms with E-state index in [1.165, 1.54) is 51.4 Å². The first-order valence-electron chi connectivity index (χ1n) is 21.1. The number of aryl methyl sites for hydroxylation is 1. The molecule has 4 N–H and O–H groups in total. The van der Waals surface area contributed by atoms with Crippen LogP contribution in [0, 0.1) is 0 Å². The molecule has 2 aromatic heterocycles. The minimum atomic E-state index is -0.157. The lowest BCUT2D eigenvalue weighted by atomic mass is 10.1. The van der Waals surface area contributed by atoms with Gasteiger partial charge in [0.1, 0.15) is 11.3 Å². The zero-order valence-corrected chi connectivity index (χ0v) is 33.8. The number of benzene rings is 1. The number of nitrogens with one attached hydrogen (secondary N) is 2.